The van der Waals surface area contributed by atoms with Gasteiger partial charge in [0.1, 0.15) is 5.82 Å². The summed E-state index contributed by atoms with van der Waals surface area (Å²) in [6.07, 6.45) is 4.64. The summed E-state index contributed by atoms with van der Waals surface area (Å²) in [4.78, 5) is 12.8. The number of pyridine rings is 1. The maximum absolute atomic E-state index is 4.40. The van der Waals surface area contributed by atoms with Crippen molar-refractivity contribution in [3.63, 3.8) is 0 Å². The standard InChI is InChI=1S/C14H18N4/c1-3-12-5-4-7-17-14(12)10-15-9-13-6-8-16-11(2)18-13/h4-8,15H,3,9-10H2,1-2H3. The van der Waals surface area contributed by atoms with Crippen LogP contribution in [0.2, 0.25) is 0 Å². The summed E-state index contributed by atoms with van der Waals surface area (Å²) in [5.41, 5.74) is 3.42. The highest BCUT2D eigenvalue weighted by Gasteiger charge is 2.01. The van der Waals surface area contributed by atoms with Crippen molar-refractivity contribution in [2.45, 2.75) is 33.4 Å². The van der Waals surface area contributed by atoms with Crippen LogP contribution in [0, 0.1) is 6.92 Å². The van der Waals surface area contributed by atoms with Crippen LogP contribution in [-0.4, -0.2) is 15.0 Å². The number of nitrogens with zero attached hydrogens (tertiary/aromatic N) is 3. The molecule has 1 N–H and O–H groups in total. The molecule has 0 radical (unpaired) electrons. The first-order valence-electron chi connectivity index (χ1n) is 6.21. The summed E-state index contributed by atoms with van der Waals surface area (Å²) >= 11 is 0. The predicted molar refractivity (Wildman–Crippen MR) is 70.9 cm³/mol. The van der Waals surface area contributed by atoms with Gasteiger partial charge in [-0.15, -0.1) is 0 Å². The summed E-state index contributed by atoms with van der Waals surface area (Å²) in [6, 6.07) is 6.04. The number of rotatable bonds is 5. The molecule has 0 fully saturated rings. The molecule has 0 unspecified atom stereocenters. The van der Waals surface area contributed by atoms with Crippen LogP contribution < -0.4 is 5.32 Å². The summed E-state index contributed by atoms with van der Waals surface area (Å²) in [6.45, 7) is 5.56. The smallest absolute Gasteiger partial charge is 0.125 e. The zero-order valence-electron chi connectivity index (χ0n) is 10.8. The van der Waals surface area contributed by atoms with Crippen LogP contribution in [0.5, 0.6) is 0 Å². The Morgan fingerprint density at radius 1 is 1.11 bits per heavy atom. The molecule has 0 aromatic carbocycles. The third-order valence-corrected chi connectivity index (χ3v) is 2.80. The van der Waals surface area contributed by atoms with E-state index in [-0.39, 0.29) is 0 Å². The first-order chi connectivity index (χ1) is 8.79. The Hall–Kier alpha value is -1.81. The van der Waals surface area contributed by atoms with Crippen molar-refractivity contribution >= 4 is 0 Å². The molecule has 4 nitrogen and oxygen atoms in total. The van der Waals surface area contributed by atoms with Gasteiger partial charge >= 0.3 is 0 Å². The van der Waals surface area contributed by atoms with Gasteiger partial charge in [-0.2, -0.15) is 0 Å². The van der Waals surface area contributed by atoms with Gasteiger partial charge in [-0.05, 0) is 31.0 Å². The molecule has 0 saturated heterocycles. The lowest BCUT2D eigenvalue weighted by atomic mass is 10.1. The lowest BCUT2D eigenvalue weighted by Gasteiger charge is -2.08. The zero-order valence-corrected chi connectivity index (χ0v) is 10.8. The van der Waals surface area contributed by atoms with Crippen LogP contribution in [0.15, 0.2) is 30.6 Å². The van der Waals surface area contributed by atoms with Crippen LogP contribution in [0.3, 0.4) is 0 Å². The maximum atomic E-state index is 4.40. The molecule has 0 aliphatic heterocycles. The second-order valence-electron chi connectivity index (χ2n) is 4.16. The highest BCUT2D eigenvalue weighted by atomic mass is 14.9. The molecule has 0 aliphatic carbocycles. The van der Waals surface area contributed by atoms with E-state index in [2.05, 4.69) is 33.3 Å². The first-order valence-corrected chi connectivity index (χ1v) is 6.21. The SMILES string of the molecule is CCc1cccnc1CNCc1ccnc(C)n1. The fourth-order valence-electron chi connectivity index (χ4n) is 1.86. The Morgan fingerprint density at radius 3 is 2.78 bits per heavy atom. The Labute approximate surface area is 108 Å². The molecule has 0 amide bonds. The van der Waals surface area contributed by atoms with Gasteiger partial charge in [-0.3, -0.25) is 4.98 Å². The fraction of sp³-hybridized carbons (Fsp3) is 0.357. The molecular weight excluding hydrogens is 224 g/mol. The van der Waals surface area contributed by atoms with E-state index in [1.54, 1.807) is 6.20 Å². The Kier molecular flexibility index (Phi) is 4.36. The second kappa shape index (κ2) is 6.21. The molecule has 0 saturated carbocycles. The first kappa shape index (κ1) is 12.6. The number of nitrogens with one attached hydrogen (secondary N) is 1. The Bertz CT molecular complexity index is 511. The number of aromatic nitrogens is 3. The fourth-order valence-corrected chi connectivity index (χ4v) is 1.86. The minimum atomic E-state index is 0.739. The summed E-state index contributed by atoms with van der Waals surface area (Å²) < 4.78 is 0. The van der Waals surface area contributed by atoms with E-state index in [9.17, 15) is 0 Å². The average Bonchev–Trinajstić information content (AvgIpc) is 2.39. The molecular formula is C14H18N4. The predicted octanol–water partition coefficient (Wildman–Crippen LogP) is 2.03. The van der Waals surface area contributed by atoms with Gasteiger partial charge < -0.3 is 5.32 Å². The van der Waals surface area contributed by atoms with Crippen LogP contribution in [0.4, 0.5) is 0 Å². The van der Waals surface area contributed by atoms with Crippen molar-refractivity contribution in [2.24, 2.45) is 0 Å². The van der Waals surface area contributed by atoms with Crippen molar-refractivity contribution in [3.8, 4) is 0 Å². The van der Waals surface area contributed by atoms with E-state index in [4.69, 9.17) is 0 Å². The van der Waals surface area contributed by atoms with Gasteiger partial charge in [0.25, 0.3) is 0 Å². The summed E-state index contributed by atoms with van der Waals surface area (Å²) in [5.74, 6) is 0.807. The molecule has 4 heteroatoms. The number of hydrogen-bond donors (Lipinski definition) is 1. The minimum Gasteiger partial charge on any atom is -0.305 e. The molecule has 18 heavy (non-hydrogen) atoms. The highest BCUT2D eigenvalue weighted by Crippen LogP contribution is 2.05. The third kappa shape index (κ3) is 3.34. The van der Waals surface area contributed by atoms with Crippen molar-refractivity contribution in [2.75, 3.05) is 0 Å². The van der Waals surface area contributed by atoms with E-state index in [0.29, 0.717) is 0 Å². The molecule has 2 heterocycles. The van der Waals surface area contributed by atoms with Crippen LogP contribution in [0.25, 0.3) is 0 Å². The Balaban J connectivity index is 1.92. The molecule has 2 rings (SSSR count). The monoisotopic (exact) mass is 242 g/mol. The van der Waals surface area contributed by atoms with E-state index in [0.717, 1.165) is 36.7 Å². The van der Waals surface area contributed by atoms with E-state index in [1.165, 1.54) is 5.56 Å². The van der Waals surface area contributed by atoms with E-state index in [1.807, 2.05) is 25.3 Å². The van der Waals surface area contributed by atoms with Gasteiger partial charge in [-0.1, -0.05) is 13.0 Å². The van der Waals surface area contributed by atoms with Crippen LogP contribution in [0.1, 0.15) is 29.7 Å². The summed E-state index contributed by atoms with van der Waals surface area (Å²) in [7, 11) is 0. The molecule has 2 aromatic rings. The molecule has 0 spiro atoms. The van der Waals surface area contributed by atoms with Crippen LogP contribution in [-0.2, 0) is 19.5 Å². The van der Waals surface area contributed by atoms with E-state index >= 15 is 0 Å². The normalized spacial score (nSPS) is 10.6. The minimum absolute atomic E-state index is 0.739. The summed E-state index contributed by atoms with van der Waals surface area (Å²) in [5, 5.41) is 3.37. The van der Waals surface area contributed by atoms with Gasteiger partial charge in [0, 0.05) is 25.5 Å². The van der Waals surface area contributed by atoms with Crippen molar-refractivity contribution in [3.05, 3.63) is 53.4 Å². The van der Waals surface area contributed by atoms with Gasteiger partial charge in [0.2, 0.25) is 0 Å². The molecule has 94 valence electrons. The average molecular weight is 242 g/mol. The van der Waals surface area contributed by atoms with Gasteiger partial charge in [0.05, 0.1) is 11.4 Å². The topological polar surface area (TPSA) is 50.7 Å². The second-order valence-corrected chi connectivity index (χ2v) is 4.16. The third-order valence-electron chi connectivity index (χ3n) is 2.80. The lowest BCUT2D eigenvalue weighted by molar-refractivity contribution is 0.658. The van der Waals surface area contributed by atoms with E-state index < -0.39 is 0 Å². The molecule has 0 bridgehead atoms. The van der Waals surface area contributed by atoms with Gasteiger partial charge in [-0.25, -0.2) is 9.97 Å². The van der Waals surface area contributed by atoms with Crippen molar-refractivity contribution in [1.82, 2.24) is 20.3 Å². The zero-order chi connectivity index (χ0) is 12.8. The largest absolute Gasteiger partial charge is 0.305 e. The molecule has 2 aromatic heterocycles. The molecule has 0 aliphatic rings. The van der Waals surface area contributed by atoms with Gasteiger partial charge in [0.15, 0.2) is 0 Å². The van der Waals surface area contributed by atoms with Crippen molar-refractivity contribution in [1.29, 1.82) is 0 Å². The Morgan fingerprint density at radius 2 is 2.00 bits per heavy atom. The highest BCUT2D eigenvalue weighted by molar-refractivity contribution is 5.19. The quantitative estimate of drug-likeness (QED) is 0.871. The number of aryl methyl sites for hydroxylation is 2. The van der Waals surface area contributed by atoms with Crippen molar-refractivity contribution < 1.29 is 0 Å². The maximum Gasteiger partial charge on any atom is 0.125 e. The molecule has 0 atom stereocenters. The number of hydrogen-bond acceptors (Lipinski definition) is 4. The van der Waals surface area contributed by atoms with Crippen LogP contribution >= 0.6 is 0 Å². The lowest BCUT2D eigenvalue weighted by Crippen LogP contribution is -2.16.